The van der Waals surface area contributed by atoms with Gasteiger partial charge in [0.2, 0.25) is 10.0 Å². The first-order chi connectivity index (χ1) is 12.7. The summed E-state index contributed by atoms with van der Waals surface area (Å²) in [5.74, 6) is -0.196. The molecular formula is C19H16Cl2N2O3S. The molecule has 1 aliphatic rings. The third-order valence-corrected chi connectivity index (χ3v) is 6.71. The van der Waals surface area contributed by atoms with Crippen LogP contribution < -0.4 is 9.62 Å². The summed E-state index contributed by atoms with van der Waals surface area (Å²) in [6.45, 7) is 0. The number of hydrogen-bond donors (Lipinski definition) is 2. The topological polar surface area (TPSA) is 69.6 Å². The highest BCUT2D eigenvalue weighted by molar-refractivity contribution is 7.89. The van der Waals surface area contributed by atoms with Crippen LogP contribution in [-0.4, -0.2) is 27.6 Å². The Balaban J connectivity index is 2.11. The summed E-state index contributed by atoms with van der Waals surface area (Å²) in [5.41, 5.74) is 1.94. The van der Waals surface area contributed by atoms with Crippen LogP contribution in [-0.2, 0) is 10.0 Å². The quantitative estimate of drug-likeness (QED) is 0.645. The highest BCUT2D eigenvalue weighted by Crippen LogP contribution is 2.45. The molecule has 0 amide bonds. The van der Waals surface area contributed by atoms with Gasteiger partial charge in [-0.3, -0.25) is 0 Å². The second-order valence-corrected chi connectivity index (χ2v) is 9.15. The number of hydrogen-bond acceptors (Lipinski definition) is 4. The Morgan fingerprint density at radius 3 is 2.52 bits per heavy atom. The number of benzene rings is 3. The van der Waals surface area contributed by atoms with Crippen LogP contribution in [0.2, 0.25) is 10.0 Å². The molecule has 0 saturated carbocycles. The van der Waals surface area contributed by atoms with Crippen molar-refractivity contribution in [2.24, 2.45) is 0 Å². The van der Waals surface area contributed by atoms with Gasteiger partial charge in [-0.1, -0.05) is 41.4 Å². The monoisotopic (exact) mass is 422 g/mol. The van der Waals surface area contributed by atoms with Gasteiger partial charge in [0.05, 0.1) is 16.0 Å². The van der Waals surface area contributed by atoms with Crippen LogP contribution in [0.5, 0.6) is 5.75 Å². The van der Waals surface area contributed by atoms with Gasteiger partial charge in [0.1, 0.15) is 5.75 Å². The van der Waals surface area contributed by atoms with Crippen molar-refractivity contribution in [3.63, 3.8) is 0 Å². The van der Waals surface area contributed by atoms with Crippen molar-refractivity contribution < 1.29 is 13.5 Å². The molecule has 140 valence electrons. The van der Waals surface area contributed by atoms with Gasteiger partial charge >= 0.3 is 0 Å². The zero-order valence-corrected chi connectivity index (χ0v) is 16.8. The minimum atomic E-state index is -3.80. The predicted molar refractivity (Wildman–Crippen MR) is 109 cm³/mol. The summed E-state index contributed by atoms with van der Waals surface area (Å²) in [6.07, 6.45) is 0. The zero-order valence-electron chi connectivity index (χ0n) is 14.5. The third kappa shape index (κ3) is 2.84. The summed E-state index contributed by atoms with van der Waals surface area (Å²) in [4.78, 5) is 2.14. The van der Waals surface area contributed by atoms with Crippen LogP contribution in [0.4, 0.5) is 5.69 Å². The fraction of sp³-hybridized carbons (Fsp3) is 0.158. The Kier molecular flexibility index (Phi) is 4.27. The van der Waals surface area contributed by atoms with Crippen molar-refractivity contribution in [3.8, 4) is 5.75 Å². The molecule has 0 bridgehead atoms. The van der Waals surface area contributed by atoms with E-state index in [1.807, 2.05) is 37.2 Å². The summed E-state index contributed by atoms with van der Waals surface area (Å²) in [7, 11) is 0.00851. The maximum atomic E-state index is 12.9. The highest BCUT2D eigenvalue weighted by atomic mass is 35.5. The number of nitrogens with zero attached hydrogens (tertiary/aromatic N) is 1. The van der Waals surface area contributed by atoms with E-state index in [9.17, 15) is 13.5 Å². The second kappa shape index (κ2) is 6.27. The molecule has 5 nitrogen and oxygen atoms in total. The van der Waals surface area contributed by atoms with Crippen molar-refractivity contribution in [2.45, 2.75) is 10.9 Å². The van der Waals surface area contributed by atoms with Gasteiger partial charge in [0.25, 0.3) is 0 Å². The van der Waals surface area contributed by atoms with E-state index in [1.54, 1.807) is 12.1 Å². The van der Waals surface area contributed by atoms with E-state index in [-0.39, 0.29) is 15.7 Å². The summed E-state index contributed by atoms with van der Waals surface area (Å²) in [6, 6.07) is 11.1. The number of rotatable bonds is 2. The van der Waals surface area contributed by atoms with Crippen molar-refractivity contribution in [1.82, 2.24) is 4.72 Å². The molecular weight excluding hydrogens is 407 g/mol. The number of aromatic hydroxyl groups is 1. The minimum absolute atomic E-state index is 0.0664. The Morgan fingerprint density at radius 1 is 1.07 bits per heavy atom. The number of nitrogens with one attached hydrogen (secondary N) is 1. The fourth-order valence-electron chi connectivity index (χ4n) is 3.56. The van der Waals surface area contributed by atoms with E-state index in [1.165, 1.54) is 12.1 Å². The molecule has 0 fully saturated rings. The lowest BCUT2D eigenvalue weighted by Crippen LogP contribution is -2.33. The van der Waals surface area contributed by atoms with Gasteiger partial charge in [0.15, 0.2) is 0 Å². The molecule has 4 rings (SSSR count). The number of phenolic OH excluding ortho intramolecular Hbond substituents is 1. The number of halogens is 2. The number of phenols is 1. The van der Waals surface area contributed by atoms with Crippen LogP contribution in [0.25, 0.3) is 10.8 Å². The first kappa shape index (κ1) is 18.4. The first-order valence-electron chi connectivity index (χ1n) is 8.14. The van der Waals surface area contributed by atoms with Crippen molar-refractivity contribution in [2.75, 3.05) is 19.0 Å². The minimum Gasteiger partial charge on any atom is -0.506 e. The largest absolute Gasteiger partial charge is 0.506 e. The molecule has 0 radical (unpaired) electrons. The van der Waals surface area contributed by atoms with Crippen LogP contribution in [0.3, 0.4) is 0 Å². The molecule has 27 heavy (non-hydrogen) atoms. The van der Waals surface area contributed by atoms with Gasteiger partial charge in [0, 0.05) is 41.1 Å². The predicted octanol–water partition coefficient (Wildman–Crippen LogP) is 4.30. The Labute approximate surface area is 167 Å². The zero-order chi connectivity index (χ0) is 19.5. The normalized spacial score (nSPS) is 17.9. The van der Waals surface area contributed by atoms with Crippen LogP contribution in [0.15, 0.2) is 47.4 Å². The molecule has 0 spiro atoms. The maximum absolute atomic E-state index is 12.9. The van der Waals surface area contributed by atoms with E-state index in [4.69, 9.17) is 23.2 Å². The lowest BCUT2D eigenvalue weighted by molar-refractivity contribution is 0.463. The standard InChI is InChI=1S/C19H16Cl2N2O3S/c1-23(2)15-7-6-12-17-11(15)4-3-5-16(17)27(25,26)22-18(12)13-8-10(20)9-14(21)19(13)24/h3-9,18,22,24H,1-2H3. The molecule has 0 saturated heterocycles. The molecule has 3 aromatic rings. The van der Waals surface area contributed by atoms with Crippen molar-refractivity contribution in [3.05, 3.63) is 63.6 Å². The molecule has 1 heterocycles. The Hall–Kier alpha value is -1.99. The fourth-order valence-corrected chi connectivity index (χ4v) is 5.51. The van der Waals surface area contributed by atoms with Crippen LogP contribution >= 0.6 is 23.2 Å². The number of sulfonamides is 1. The molecule has 0 aromatic heterocycles. The number of anilines is 1. The molecule has 1 aliphatic heterocycles. The van der Waals surface area contributed by atoms with E-state index in [0.717, 1.165) is 16.6 Å². The third-order valence-electron chi connectivity index (χ3n) is 4.74. The van der Waals surface area contributed by atoms with Gasteiger partial charge in [-0.25, -0.2) is 8.42 Å². The maximum Gasteiger partial charge on any atom is 0.242 e. The SMILES string of the molecule is CN(C)c1ccc2c3c(cccc13)S(=O)(=O)NC2c1cc(Cl)cc(Cl)c1O. The highest BCUT2D eigenvalue weighted by Gasteiger charge is 2.34. The van der Waals surface area contributed by atoms with Gasteiger partial charge < -0.3 is 10.0 Å². The Bertz CT molecular complexity index is 1190. The van der Waals surface area contributed by atoms with E-state index < -0.39 is 16.1 Å². The lowest BCUT2D eigenvalue weighted by atomic mass is 9.92. The molecule has 8 heteroatoms. The lowest BCUT2D eigenvalue weighted by Gasteiger charge is -2.29. The molecule has 3 aromatic carbocycles. The van der Waals surface area contributed by atoms with E-state index in [0.29, 0.717) is 16.0 Å². The molecule has 1 atom stereocenters. The van der Waals surface area contributed by atoms with Crippen molar-refractivity contribution in [1.29, 1.82) is 0 Å². The van der Waals surface area contributed by atoms with Gasteiger partial charge in [-0.2, -0.15) is 4.72 Å². The summed E-state index contributed by atoms with van der Waals surface area (Å²) < 4.78 is 28.5. The average molecular weight is 423 g/mol. The first-order valence-corrected chi connectivity index (χ1v) is 10.4. The van der Waals surface area contributed by atoms with Crippen LogP contribution in [0, 0.1) is 0 Å². The summed E-state index contributed by atoms with van der Waals surface area (Å²) >= 11 is 12.2. The molecule has 2 N–H and O–H groups in total. The van der Waals surface area contributed by atoms with E-state index >= 15 is 0 Å². The second-order valence-electron chi connectivity index (χ2n) is 6.63. The van der Waals surface area contributed by atoms with E-state index in [2.05, 4.69) is 4.72 Å². The molecule has 0 aliphatic carbocycles. The summed E-state index contributed by atoms with van der Waals surface area (Å²) in [5, 5.41) is 12.3. The van der Waals surface area contributed by atoms with Crippen molar-refractivity contribution >= 4 is 49.7 Å². The van der Waals surface area contributed by atoms with Gasteiger partial charge in [-0.05, 0) is 29.8 Å². The Morgan fingerprint density at radius 2 is 1.81 bits per heavy atom. The molecule has 1 unspecified atom stereocenters. The van der Waals surface area contributed by atoms with Crippen LogP contribution in [0.1, 0.15) is 17.2 Å². The smallest absolute Gasteiger partial charge is 0.242 e. The van der Waals surface area contributed by atoms with Gasteiger partial charge in [-0.15, -0.1) is 0 Å². The average Bonchev–Trinajstić information content (AvgIpc) is 2.60.